The molecule has 2 aromatic carbocycles. The summed E-state index contributed by atoms with van der Waals surface area (Å²) in [5.41, 5.74) is 3.36. The molecule has 3 aromatic rings. The molecule has 0 spiro atoms. The van der Waals surface area contributed by atoms with Gasteiger partial charge in [0.25, 0.3) is 0 Å². The van der Waals surface area contributed by atoms with E-state index in [0.717, 1.165) is 28.5 Å². The predicted octanol–water partition coefficient (Wildman–Crippen LogP) is 4.17. The first-order valence-corrected chi connectivity index (χ1v) is 10.8. The average Bonchev–Trinajstić information content (AvgIpc) is 3.21. The molecule has 4 rings (SSSR count). The van der Waals surface area contributed by atoms with E-state index in [-0.39, 0.29) is 5.75 Å². The van der Waals surface area contributed by atoms with Gasteiger partial charge in [0.2, 0.25) is 10.0 Å². The summed E-state index contributed by atoms with van der Waals surface area (Å²) < 4.78 is 32.3. The minimum absolute atomic E-state index is 0.0915. The van der Waals surface area contributed by atoms with Crippen LogP contribution in [0.25, 0.3) is 22.6 Å². The van der Waals surface area contributed by atoms with Gasteiger partial charge in [-0.25, -0.2) is 13.2 Å². The number of carbonyl (C=O) groups excluding carboxylic acids is 1. The van der Waals surface area contributed by atoms with Crippen molar-refractivity contribution in [2.24, 2.45) is 0 Å². The van der Waals surface area contributed by atoms with Crippen LogP contribution >= 0.6 is 0 Å². The number of aromatic nitrogens is 1. The van der Waals surface area contributed by atoms with Crippen molar-refractivity contribution in [2.75, 3.05) is 10.5 Å². The second kappa shape index (κ2) is 7.16. The van der Waals surface area contributed by atoms with Crippen LogP contribution in [0.3, 0.4) is 0 Å². The number of ether oxygens (including phenoxy) is 1. The Hall–Kier alpha value is -3.06. The fourth-order valence-corrected chi connectivity index (χ4v) is 4.48. The third-order valence-electron chi connectivity index (χ3n) is 4.65. The number of benzene rings is 2. The fraction of sp³-hybridized carbons (Fsp3) is 0.190. The van der Waals surface area contributed by atoms with Crippen LogP contribution in [-0.2, 0) is 14.8 Å². The van der Waals surface area contributed by atoms with Crippen LogP contribution in [0.2, 0.25) is 0 Å². The van der Waals surface area contributed by atoms with Crippen LogP contribution in [0, 0.1) is 0 Å². The smallest absolute Gasteiger partial charge is 0.344 e. The summed E-state index contributed by atoms with van der Waals surface area (Å²) in [6.07, 6.45) is 4.98. The van der Waals surface area contributed by atoms with E-state index in [2.05, 4.69) is 9.71 Å². The van der Waals surface area contributed by atoms with E-state index in [1.165, 1.54) is 0 Å². The maximum absolute atomic E-state index is 12.3. The highest BCUT2D eigenvalue weighted by Gasteiger charge is 2.26. The van der Waals surface area contributed by atoms with Crippen molar-refractivity contribution in [1.29, 1.82) is 0 Å². The van der Waals surface area contributed by atoms with Gasteiger partial charge in [-0.05, 0) is 36.8 Å². The second-order valence-corrected chi connectivity index (χ2v) is 8.56. The lowest BCUT2D eigenvalue weighted by molar-refractivity contribution is -0.126. The molecule has 2 heterocycles. The van der Waals surface area contributed by atoms with Crippen LogP contribution in [0.5, 0.6) is 5.75 Å². The Morgan fingerprint density at radius 2 is 2.00 bits per heavy atom. The standard InChI is InChI=1S/C21H20N2O4S/c1-2-3-10-28(25,26)23-15-8-9-19-17(12-15)14(13-22-19)11-18-16-6-4-5-7-20(16)27-21(18)24/h4-9,11-13,22-23H,2-3,10H2,1H3. The highest BCUT2D eigenvalue weighted by atomic mass is 32.2. The van der Waals surface area contributed by atoms with Gasteiger partial charge in [-0.1, -0.05) is 31.5 Å². The summed E-state index contributed by atoms with van der Waals surface area (Å²) in [4.78, 5) is 15.4. The van der Waals surface area contributed by atoms with Crippen LogP contribution < -0.4 is 9.46 Å². The van der Waals surface area contributed by atoms with Gasteiger partial charge in [0.1, 0.15) is 5.75 Å². The summed E-state index contributed by atoms with van der Waals surface area (Å²) in [6.45, 7) is 1.95. The van der Waals surface area contributed by atoms with Crippen LogP contribution in [0.15, 0.2) is 48.7 Å². The van der Waals surface area contributed by atoms with Crippen molar-refractivity contribution in [1.82, 2.24) is 4.98 Å². The molecule has 1 aliphatic heterocycles. The van der Waals surface area contributed by atoms with Crippen molar-refractivity contribution in [3.63, 3.8) is 0 Å². The molecule has 0 radical (unpaired) electrons. The highest BCUT2D eigenvalue weighted by Crippen LogP contribution is 2.36. The Bertz CT molecular complexity index is 1190. The van der Waals surface area contributed by atoms with Crippen molar-refractivity contribution >= 4 is 44.2 Å². The maximum Gasteiger partial charge on any atom is 0.344 e. The van der Waals surface area contributed by atoms with Gasteiger partial charge in [0.05, 0.1) is 11.3 Å². The molecule has 0 saturated carbocycles. The maximum atomic E-state index is 12.3. The minimum atomic E-state index is -3.38. The largest absolute Gasteiger partial charge is 0.422 e. The third-order valence-corrected chi connectivity index (χ3v) is 6.03. The molecule has 0 aliphatic carbocycles. The van der Waals surface area contributed by atoms with Crippen LogP contribution in [-0.4, -0.2) is 25.1 Å². The fourth-order valence-electron chi connectivity index (χ4n) is 3.23. The first-order chi connectivity index (χ1) is 13.5. The summed E-state index contributed by atoms with van der Waals surface area (Å²) >= 11 is 0. The topological polar surface area (TPSA) is 88.3 Å². The van der Waals surface area contributed by atoms with E-state index in [1.807, 2.05) is 31.2 Å². The second-order valence-electron chi connectivity index (χ2n) is 6.72. The van der Waals surface area contributed by atoms with Gasteiger partial charge < -0.3 is 9.72 Å². The number of anilines is 1. The number of esters is 1. The van der Waals surface area contributed by atoms with E-state index in [0.29, 0.717) is 23.4 Å². The first-order valence-electron chi connectivity index (χ1n) is 9.12. The molecule has 6 nitrogen and oxygen atoms in total. The number of hydrogen-bond acceptors (Lipinski definition) is 4. The predicted molar refractivity (Wildman–Crippen MR) is 111 cm³/mol. The number of unbranched alkanes of at least 4 members (excludes halogenated alkanes) is 1. The quantitative estimate of drug-likeness (QED) is 0.372. The number of sulfonamides is 1. The summed E-state index contributed by atoms with van der Waals surface area (Å²) in [5.74, 6) is 0.240. The Labute approximate surface area is 163 Å². The number of carbonyl (C=O) groups is 1. The van der Waals surface area contributed by atoms with Crippen LogP contribution in [0.4, 0.5) is 5.69 Å². The van der Waals surface area contributed by atoms with Gasteiger partial charge in [0, 0.05) is 33.9 Å². The average molecular weight is 396 g/mol. The Morgan fingerprint density at radius 3 is 2.82 bits per heavy atom. The third kappa shape index (κ3) is 3.53. The SMILES string of the molecule is CCCCS(=O)(=O)Nc1ccc2[nH]cc(C=C3C(=O)Oc4ccccc43)c2c1. The molecule has 0 bridgehead atoms. The lowest BCUT2D eigenvalue weighted by atomic mass is 10.0. The van der Waals surface area contributed by atoms with E-state index in [1.54, 1.807) is 30.5 Å². The van der Waals surface area contributed by atoms with E-state index in [9.17, 15) is 13.2 Å². The molecule has 0 atom stereocenters. The first kappa shape index (κ1) is 18.3. The van der Waals surface area contributed by atoms with Gasteiger partial charge in [-0.3, -0.25) is 4.72 Å². The monoisotopic (exact) mass is 396 g/mol. The van der Waals surface area contributed by atoms with Gasteiger partial charge in [0.15, 0.2) is 0 Å². The Balaban J connectivity index is 1.71. The Kier molecular flexibility index (Phi) is 4.68. The Morgan fingerprint density at radius 1 is 1.18 bits per heavy atom. The van der Waals surface area contributed by atoms with Crippen molar-refractivity contribution in [3.05, 3.63) is 59.8 Å². The number of hydrogen-bond donors (Lipinski definition) is 2. The van der Waals surface area contributed by atoms with E-state index >= 15 is 0 Å². The molecule has 144 valence electrons. The van der Waals surface area contributed by atoms with Gasteiger partial charge in [-0.2, -0.15) is 0 Å². The molecular formula is C21H20N2O4S. The van der Waals surface area contributed by atoms with E-state index < -0.39 is 16.0 Å². The van der Waals surface area contributed by atoms with Crippen LogP contribution in [0.1, 0.15) is 30.9 Å². The highest BCUT2D eigenvalue weighted by molar-refractivity contribution is 7.92. The molecule has 1 aromatic heterocycles. The molecule has 1 aliphatic rings. The normalized spacial score (nSPS) is 15.0. The molecule has 0 fully saturated rings. The van der Waals surface area contributed by atoms with Gasteiger partial charge in [-0.15, -0.1) is 0 Å². The van der Waals surface area contributed by atoms with Crippen molar-refractivity contribution in [2.45, 2.75) is 19.8 Å². The molecule has 2 N–H and O–H groups in total. The minimum Gasteiger partial charge on any atom is -0.422 e. The number of fused-ring (bicyclic) bond motifs is 2. The van der Waals surface area contributed by atoms with Gasteiger partial charge >= 0.3 is 5.97 Å². The molecule has 7 heteroatoms. The molecule has 0 amide bonds. The number of para-hydroxylation sites is 1. The summed E-state index contributed by atoms with van der Waals surface area (Å²) in [6, 6.07) is 12.6. The summed E-state index contributed by atoms with van der Waals surface area (Å²) in [7, 11) is -3.38. The molecule has 28 heavy (non-hydrogen) atoms. The number of H-pyrrole nitrogens is 1. The summed E-state index contributed by atoms with van der Waals surface area (Å²) in [5, 5.41) is 0.820. The molecule has 0 unspecified atom stereocenters. The lowest BCUT2D eigenvalue weighted by Gasteiger charge is -2.08. The lowest BCUT2D eigenvalue weighted by Crippen LogP contribution is -2.16. The molecule has 0 saturated heterocycles. The zero-order valence-electron chi connectivity index (χ0n) is 15.4. The number of aromatic amines is 1. The zero-order valence-corrected chi connectivity index (χ0v) is 16.2. The van der Waals surface area contributed by atoms with Crippen molar-refractivity contribution < 1.29 is 17.9 Å². The number of nitrogens with one attached hydrogen (secondary N) is 2. The molecular weight excluding hydrogens is 376 g/mol. The van der Waals surface area contributed by atoms with E-state index in [4.69, 9.17) is 4.74 Å². The number of rotatable bonds is 6. The zero-order chi connectivity index (χ0) is 19.7. The van der Waals surface area contributed by atoms with Crippen molar-refractivity contribution in [3.8, 4) is 5.75 Å².